The zero-order valence-corrected chi connectivity index (χ0v) is 9.03. The maximum atomic E-state index is 11.5. The van der Waals surface area contributed by atoms with E-state index in [0.29, 0.717) is 18.4 Å². The molecular formula is C13H16O2. The average Bonchev–Trinajstić information content (AvgIpc) is 2.27. The molecule has 1 aromatic carbocycles. The van der Waals surface area contributed by atoms with E-state index in [1.807, 2.05) is 18.2 Å². The number of ketones is 1. The van der Waals surface area contributed by atoms with Gasteiger partial charge in [-0.05, 0) is 12.0 Å². The highest BCUT2D eigenvalue weighted by Gasteiger charge is 2.06. The van der Waals surface area contributed by atoms with Crippen molar-refractivity contribution in [1.82, 2.24) is 0 Å². The van der Waals surface area contributed by atoms with Crippen molar-refractivity contribution < 1.29 is 9.59 Å². The van der Waals surface area contributed by atoms with Gasteiger partial charge in [0.2, 0.25) is 0 Å². The molecular weight excluding hydrogens is 188 g/mol. The highest BCUT2D eigenvalue weighted by Crippen LogP contribution is 2.09. The van der Waals surface area contributed by atoms with Crippen molar-refractivity contribution in [2.75, 3.05) is 0 Å². The quantitative estimate of drug-likeness (QED) is 0.668. The van der Waals surface area contributed by atoms with Crippen LogP contribution in [0.15, 0.2) is 24.3 Å². The van der Waals surface area contributed by atoms with Crippen LogP contribution in [0, 0.1) is 0 Å². The molecule has 2 heteroatoms. The molecule has 0 aromatic heterocycles. The summed E-state index contributed by atoms with van der Waals surface area (Å²) in [7, 11) is 0. The molecule has 1 rings (SSSR count). The first kappa shape index (κ1) is 11.6. The number of unbranched alkanes of at least 4 members (excludes halogenated alkanes) is 1. The Kier molecular flexibility index (Phi) is 4.75. The Morgan fingerprint density at radius 2 is 2.07 bits per heavy atom. The summed E-state index contributed by atoms with van der Waals surface area (Å²) in [4.78, 5) is 22.2. The summed E-state index contributed by atoms with van der Waals surface area (Å²) in [5, 5.41) is 0. The van der Waals surface area contributed by atoms with Crippen LogP contribution in [-0.4, -0.2) is 12.1 Å². The molecule has 0 N–H and O–H groups in total. The first-order valence-electron chi connectivity index (χ1n) is 5.32. The van der Waals surface area contributed by atoms with E-state index < -0.39 is 0 Å². The predicted molar refractivity (Wildman–Crippen MR) is 60.1 cm³/mol. The molecule has 80 valence electrons. The summed E-state index contributed by atoms with van der Waals surface area (Å²) < 4.78 is 0. The highest BCUT2D eigenvalue weighted by atomic mass is 16.1. The maximum Gasteiger partial charge on any atom is 0.150 e. The van der Waals surface area contributed by atoms with Crippen molar-refractivity contribution in [2.45, 2.75) is 32.6 Å². The van der Waals surface area contributed by atoms with Crippen LogP contribution in [0.25, 0.3) is 0 Å². The van der Waals surface area contributed by atoms with Crippen molar-refractivity contribution in [3.8, 4) is 0 Å². The van der Waals surface area contributed by atoms with Crippen molar-refractivity contribution in [1.29, 1.82) is 0 Å². The molecule has 0 aliphatic carbocycles. The van der Waals surface area contributed by atoms with E-state index in [9.17, 15) is 9.59 Å². The summed E-state index contributed by atoms with van der Waals surface area (Å²) in [5.74, 6) is 0.214. The minimum Gasteiger partial charge on any atom is -0.299 e. The third-order valence-corrected chi connectivity index (χ3v) is 2.38. The van der Waals surface area contributed by atoms with Crippen molar-refractivity contribution in [3.05, 3.63) is 35.4 Å². The van der Waals surface area contributed by atoms with Gasteiger partial charge in [0, 0.05) is 18.4 Å². The summed E-state index contributed by atoms with van der Waals surface area (Å²) >= 11 is 0. The molecule has 0 spiro atoms. The van der Waals surface area contributed by atoms with Crippen LogP contribution in [0.1, 0.15) is 42.1 Å². The zero-order chi connectivity index (χ0) is 11.1. The molecule has 1 aromatic rings. The molecule has 0 aliphatic heterocycles. The summed E-state index contributed by atoms with van der Waals surface area (Å²) in [5.41, 5.74) is 1.47. The lowest BCUT2D eigenvalue weighted by atomic mass is 10.0. The molecule has 0 heterocycles. The van der Waals surface area contributed by atoms with E-state index >= 15 is 0 Å². The SMILES string of the molecule is CCCCC(=O)Cc1ccccc1C=O. The van der Waals surface area contributed by atoms with Crippen molar-refractivity contribution >= 4 is 12.1 Å². The number of hydrogen-bond acceptors (Lipinski definition) is 2. The summed E-state index contributed by atoms with van der Waals surface area (Å²) in [6.07, 6.45) is 3.77. The molecule has 0 unspecified atom stereocenters. The molecule has 0 saturated heterocycles. The Morgan fingerprint density at radius 1 is 1.33 bits per heavy atom. The van der Waals surface area contributed by atoms with Crippen molar-refractivity contribution in [2.24, 2.45) is 0 Å². The second kappa shape index (κ2) is 6.12. The van der Waals surface area contributed by atoms with Gasteiger partial charge in [-0.3, -0.25) is 9.59 Å². The highest BCUT2D eigenvalue weighted by molar-refractivity contribution is 5.85. The van der Waals surface area contributed by atoms with E-state index in [2.05, 4.69) is 6.92 Å². The van der Waals surface area contributed by atoms with E-state index in [1.165, 1.54) is 0 Å². The van der Waals surface area contributed by atoms with E-state index in [4.69, 9.17) is 0 Å². The van der Waals surface area contributed by atoms with E-state index in [-0.39, 0.29) is 5.78 Å². The first-order chi connectivity index (χ1) is 7.27. The monoisotopic (exact) mass is 204 g/mol. The van der Waals surface area contributed by atoms with Gasteiger partial charge in [0.05, 0.1) is 0 Å². The first-order valence-corrected chi connectivity index (χ1v) is 5.32. The van der Waals surface area contributed by atoms with Gasteiger partial charge in [-0.15, -0.1) is 0 Å². The van der Waals surface area contributed by atoms with Gasteiger partial charge >= 0.3 is 0 Å². The Bertz CT molecular complexity index is 342. The van der Waals surface area contributed by atoms with E-state index in [0.717, 1.165) is 24.7 Å². The van der Waals surface area contributed by atoms with Gasteiger partial charge in [0.15, 0.2) is 0 Å². The largest absolute Gasteiger partial charge is 0.299 e. The Morgan fingerprint density at radius 3 is 2.73 bits per heavy atom. The average molecular weight is 204 g/mol. The normalized spacial score (nSPS) is 9.93. The zero-order valence-electron chi connectivity index (χ0n) is 9.03. The second-order valence-corrected chi connectivity index (χ2v) is 3.64. The van der Waals surface area contributed by atoms with Crippen LogP contribution in [0.5, 0.6) is 0 Å². The van der Waals surface area contributed by atoms with Gasteiger partial charge in [-0.25, -0.2) is 0 Å². The van der Waals surface area contributed by atoms with Gasteiger partial charge in [0.25, 0.3) is 0 Å². The van der Waals surface area contributed by atoms with Crippen LogP contribution in [0.3, 0.4) is 0 Å². The van der Waals surface area contributed by atoms with Crippen LogP contribution < -0.4 is 0 Å². The van der Waals surface area contributed by atoms with Crippen LogP contribution in [0.4, 0.5) is 0 Å². The molecule has 0 amide bonds. The fourth-order valence-corrected chi connectivity index (χ4v) is 1.48. The molecule has 0 atom stereocenters. The van der Waals surface area contributed by atoms with Crippen LogP contribution in [0.2, 0.25) is 0 Å². The lowest BCUT2D eigenvalue weighted by Crippen LogP contribution is -2.04. The Balaban J connectivity index is 2.63. The minimum absolute atomic E-state index is 0.214. The number of hydrogen-bond donors (Lipinski definition) is 0. The maximum absolute atomic E-state index is 11.5. The molecule has 0 fully saturated rings. The fourth-order valence-electron chi connectivity index (χ4n) is 1.48. The van der Waals surface area contributed by atoms with E-state index in [1.54, 1.807) is 6.07 Å². The lowest BCUT2D eigenvalue weighted by molar-refractivity contribution is -0.118. The summed E-state index contributed by atoms with van der Waals surface area (Å²) in [6, 6.07) is 7.25. The molecule has 0 radical (unpaired) electrons. The van der Waals surface area contributed by atoms with Gasteiger partial charge in [-0.1, -0.05) is 37.6 Å². The Hall–Kier alpha value is -1.44. The van der Waals surface area contributed by atoms with Gasteiger partial charge < -0.3 is 0 Å². The molecule has 0 saturated carbocycles. The third kappa shape index (κ3) is 3.66. The fraction of sp³-hybridized carbons (Fsp3) is 0.385. The topological polar surface area (TPSA) is 34.1 Å². The molecule has 15 heavy (non-hydrogen) atoms. The minimum atomic E-state index is 0.214. The summed E-state index contributed by atoms with van der Waals surface area (Å²) in [6.45, 7) is 2.06. The lowest BCUT2D eigenvalue weighted by Gasteiger charge is -2.03. The van der Waals surface area contributed by atoms with Gasteiger partial charge in [0.1, 0.15) is 12.1 Å². The Labute approximate surface area is 90.3 Å². The number of rotatable bonds is 6. The van der Waals surface area contributed by atoms with Crippen molar-refractivity contribution in [3.63, 3.8) is 0 Å². The standard InChI is InChI=1S/C13H16O2/c1-2-3-8-13(15)9-11-6-4-5-7-12(11)10-14/h4-7,10H,2-3,8-9H2,1H3. The third-order valence-electron chi connectivity index (χ3n) is 2.38. The molecule has 0 aliphatic rings. The number of carbonyl (C=O) groups is 2. The smallest absolute Gasteiger partial charge is 0.150 e. The number of benzene rings is 1. The van der Waals surface area contributed by atoms with Gasteiger partial charge in [-0.2, -0.15) is 0 Å². The predicted octanol–water partition coefficient (Wildman–Crippen LogP) is 2.80. The number of Topliss-reactive ketones (excluding diaryl/α,β-unsaturated/α-hetero) is 1. The van der Waals surface area contributed by atoms with Crippen LogP contribution in [-0.2, 0) is 11.2 Å². The second-order valence-electron chi connectivity index (χ2n) is 3.64. The molecule has 2 nitrogen and oxygen atoms in total. The molecule has 0 bridgehead atoms. The number of carbonyl (C=O) groups excluding carboxylic acids is 2. The van der Waals surface area contributed by atoms with Crippen LogP contribution >= 0.6 is 0 Å². The number of aldehydes is 1.